The van der Waals surface area contributed by atoms with Crippen LogP contribution in [-0.2, 0) is 30.2 Å². The van der Waals surface area contributed by atoms with Crippen molar-refractivity contribution >= 4 is 73.5 Å². The zero-order valence-electron chi connectivity index (χ0n) is 44.4. The van der Waals surface area contributed by atoms with Crippen LogP contribution in [0.15, 0.2) is 297 Å². The van der Waals surface area contributed by atoms with Crippen LogP contribution in [0, 0.1) is 13.8 Å². The maximum absolute atomic E-state index is 3.23. The van der Waals surface area contributed by atoms with Gasteiger partial charge < -0.3 is 0 Å². The van der Waals surface area contributed by atoms with Crippen molar-refractivity contribution in [3.05, 3.63) is 336 Å². The molecule has 12 rings (SSSR count). The molecule has 0 aliphatic carbocycles. The van der Waals surface area contributed by atoms with E-state index in [4.69, 9.17) is 0 Å². The second-order valence-electron chi connectivity index (χ2n) is 21.8. The molecule has 11 aromatic rings. The highest BCUT2D eigenvalue weighted by Gasteiger charge is 2.65. The van der Waals surface area contributed by atoms with Crippen LogP contribution in [0.2, 0.25) is 0 Å². The van der Waals surface area contributed by atoms with Crippen LogP contribution in [0.3, 0.4) is 0 Å². The molecule has 0 bridgehead atoms. The monoisotopic (exact) mass is 1050 g/mol. The Morgan fingerprint density at radius 2 is 0.571 bits per heavy atom. The quantitative estimate of drug-likeness (QED) is 0.0846. The molecule has 0 radical (unpaired) electrons. The highest BCUT2D eigenvalue weighted by atomic mass is 29.3. The molecule has 1 heterocycles. The summed E-state index contributed by atoms with van der Waals surface area (Å²) in [6.07, 6.45) is 0. The van der Waals surface area contributed by atoms with Gasteiger partial charge in [0, 0.05) is 0 Å². The summed E-state index contributed by atoms with van der Waals surface area (Å²) in [5, 5.41) is 12.2. The predicted molar refractivity (Wildman–Crippen MR) is 339 cm³/mol. The standard InChI is InChI=1S/C73H66Si4/c1-57-48-72-68(50-70(57)74(52-59-30-12-3-13-31-59)53-60-32-14-4-15-33-60)69-51-71(75(54-61-34-16-5-17-35-61,55-62-36-18-6-19-37-62)56-63-38-20-7-21-39-63)58(2)49-73(69)77(66-44-26-10-27-45-66,67-46-28-11-29-47-67)76(72,64-40-22-8-23-41-64)65-42-24-9-25-43-65/h3-51,74H,52-56H2,1-2H3. The van der Waals surface area contributed by atoms with E-state index in [0.29, 0.717) is 0 Å². The van der Waals surface area contributed by atoms with Crippen LogP contribution in [0.1, 0.15) is 38.9 Å². The Hall–Kier alpha value is -7.71. The summed E-state index contributed by atoms with van der Waals surface area (Å²) in [6, 6.07) is 121. The molecule has 1 aliphatic rings. The molecule has 0 N–H and O–H groups in total. The molecular formula is C73H66Si4. The number of aryl methyl sites for hydroxylation is 2. The fourth-order valence-electron chi connectivity index (χ4n) is 14.0. The SMILES string of the molecule is Cc1cc2c(cc1[SiH](Cc1ccccc1)Cc1ccccc1)-c1cc([Si](Cc3ccccc3)(Cc3ccccc3)Cc3ccccc3)c(C)cc1[Si](c1ccccc1)(c1ccccc1)[Si]2(c1ccccc1)c1ccccc1. The first kappa shape index (κ1) is 50.1. The molecule has 0 saturated carbocycles. The molecule has 374 valence electrons. The van der Waals surface area contributed by atoms with Gasteiger partial charge in [0.15, 0.2) is 15.2 Å². The third kappa shape index (κ3) is 9.44. The zero-order valence-corrected chi connectivity index (χ0v) is 48.6. The minimum Gasteiger partial charge on any atom is -0.0624 e. The zero-order chi connectivity index (χ0) is 52.1. The average molecular weight is 1060 g/mol. The van der Waals surface area contributed by atoms with Crippen LogP contribution in [0.5, 0.6) is 0 Å². The van der Waals surface area contributed by atoms with E-state index < -0.39 is 32.1 Å². The Morgan fingerprint density at radius 1 is 0.299 bits per heavy atom. The molecule has 0 nitrogen and oxygen atoms in total. The van der Waals surface area contributed by atoms with Gasteiger partial charge in [-0.1, -0.05) is 367 Å². The van der Waals surface area contributed by atoms with Crippen molar-refractivity contribution < 1.29 is 0 Å². The molecule has 0 aromatic heterocycles. The summed E-state index contributed by atoms with van der Waals surface area (Å²) in [5.74, 6) is 0. The van der Waals surface area contributed by atoms with Gasteiger partial charge in [-0.15, -0.1) is 0 Å². The van der Waals surface area contributed by atoms with Gasteiger partial charge in [0.05, 0.1) is 16.9 Å². The molecule has 11 aromatic carbocycles. The minimum atomic E-state index is -3.23. The van der Waals surface area contributed by atoms with Crippen molar-refractivity contribution in [1.29, 1.82) is 0 Å². The van der Waals surface area contributed by atoms with Crippen molar-refractivity contribution in [1.82, 2.24) is 0 Å². The van der Waals surface area contributed by atoms with Gasteiger partial charge in [-0.05, 0) is 65.6 Å². The molecule has 0 spiro atoms. The highest BCUT2D eigenvalue weighted by Crippen LogP contribution is 2.36. The lowest BCUT2D eigenvalue weighted by Gasteiger charge is -2.54. The lowest BCUT2D eigenvalue weighted by atomic mass is 10.0. The summed E-state index contributed by atoms with van der Waals surface area (Å²) in [5.41, 5.74) is 12.9. The summed E-state index contributed by atoms with van der Waals surface area (Å²) in [7, 11) is -10.8. The Bertz CT molecular complexity index is 3490. The lowest BCUT2D eigenvalue weighted by Crippen LogP contribution is -2.95. The van der Waals surface area contributed by atoms with E-state index in [1.807, 2.05) is 0 Å². The molecule has 77 heavy (non-hydrogen) atoms. The van der Waals surface area contributed by atoms with Crippen molar-refractivity contribution in [2.24, 2.45) is 0 Å². The van der Waals surface area contributed by atoms with Crippen molar-refractivity contribution in [2.75, 3.05) is 0 Å². The first-order valence-electron chi connectivity index (χ1n) is 27.7. The van der Waals surface area contributed by atoms with E-state index in [-0.39, 0.29) is 0 Å². The average Bonchev–Trinajstić information content (AvgIpc) is 3.61. The topological polar surface area (TPSA) is 0 Å². The maximum atomic E-state index is 2.84. The van der Waals surface area contributed by atoms with E-state index in [0.717, 1.165) is 30.2 Å². The first-order chi connectivity index (χ1) is 38.0. The largest absolute Gasteiger partial charge is 0.155 e. The van der Waals surface area contributed by atoms with E-state index in [1.165, 1.54) is 70.8 Å². The third-order valence-electron chi connectivity index (χ3n) is 17.1. The van der Waals surface area contributed by atoms with Crippen molar-refractivity contribution in [3.63, 3.8) is 0 Å². The molecule has 0 unspecified atom stereocenters. The van der Waals surface area contributed by atoms with Gasteiger partial charge in [0.25, 0.3) is 0 Å². The summed E-state index contributed by atoms with van der Waals surface area (Å²) in [4.78, 5) is 0. The molecule has 1 aliphatic heterocycles. The smallest absolute Gasteiger partial charge is 0.0624 e. The molecular weight excluding hydrogens is 989 g/mol. The van der Waals surface area contributed by atoms with E-state index in [9.17, 15) is 0 Å². The summed E-state index contributed by atoms with van der Waals surface area (Å²) >= 11 is 0. The summed E-state index contributed by atoms with van der Waals surface area (Å²) in [6.45, 7) is 4.98. The molecule has 0 amide bonds. The second kappa shape index (κ2) is 22.1. The van der Waals surface area contributed by atoms with Crippen LogP contribution in [0.4, 0.5) is 0 Å². The highest BCUT2D eigenvalue weighted by molar-refractivity contribution is 7.68. The van der Waals surface area contributed by atoms with Crippen LogP contribution < -0.4 is 41.5 Å². The van der Waals surface area contributed by atoms with Crippen molar-refractivity contribution in [2.45, 2.75) is 44.1 Å². The lowest BCUT2D eigenvalue weighted by molar-refractivity contribution is 1.14. The maximum Gasteiger partial charge on any atom is 0.155 e. The van der Waals surface area contributed by atoms with Crippen molar-refractivity contribution in [3.8, 4) is 11.1 Å². The van der Waals surface area contributed by atoms with E-state index >= 15 is 0 Å². The van der Waals surface area contributed by atoms with Gasteiger partial charge in [-0.25, -0.2) is 0 Å². The Morgan fingerprint density at radius 3 is 0.896 bits per heavy atom. The van der Waals surface area contributed by atoms with Crippen LogP contribution in [-0.4, -0.2) is 32.1 Å². The molecule has 0 saturated heterocycles. The van der Waals surface area contributed by atoms with E-state index in [2.05, 4.69) is 311 Å². The Kier molecular flexibility index (Phi) is 14.4. The van der Waals surface area contributed by atoms with Gasteiger partial charge in [-0.2, -0.15) is 0 Å². The fraction of sp³-hybridized carbons (Fsp3) is 0.0959. The van der Waals surface area contributed by atoms with Gasteiger partial charge in [0.1, 0.15) is 0 Å². The van der Waals surface area contributed by atoms with Gasteiger partial charge >= 0.3 is 0 Å². The molecule has 0 atom stereocenters. The number of hydrogen-bond donors (Lipinski definition) is 0. The van der Waals surface area contributed by atoms with Crippen LogP contribution in [0.25, 0.3) is 11.1 Å². The normalized spacial score (nSPS) is 13.4. The fourth-order valence-corrected chi connectivity index (χ4v) is 42.9. The van der Waals surface area contributed by atoms with Gasteiger partial charge in [0.2, 0.25) is 0 Å². The number of fused-ring (bicyclic) bond motifs is 3. The molecule has 4 heteroatoms. The minimum absolute atomic E-state index is 1.04. The first-order valence-corrected chi connectivity index (χ1v) is 37.5. The van der Waals surface area contributed by atoms with Crippen LogP contribution >= 0.6 is 0 Å². The predicted octanol–water partition coefficient (Wildman–Crippen LogP) is 11.0. The Balaban J connectivity index is 1.25. The number of rotatable bonds is 16. The van der Waals surface area contributed by atoms with Gasteiger partial charge in [-0.3, -0.25) is 0 Å². The third-order valence-corrected chi connectivity index (χ3v) is 42.3. The molecule has 0 fully saturated rings. The number of benzene rings is 11. The number of hydrogen-bond acceptors (Lipinski definition) is 0. The summed E-state index contributed by atoms with van der Waals surface area (Å²) < 4.78 is 0. The van der Waals surface area contributed by atoms with E-state index in [1.54, 1.807) is 20.7 Å². The second-order valence-corrected chi connectivity index (χ2v) is 39.7. The Labute approximate surface area is 461 Å².